The van der Waals surface area contributed by atoms with Gasteiger partial charge in [0.05, 0.1) is 13.2 Å². The molecule has 1 atom stereocenters. The van der Waals surface area contributed by atoms with Crippen molar-refractivity contribution in [3.63, 3.8) is 0 Å². The molecular weight excluding hydrogens is 278 g/mol. The van der Waals surface area contributed by atoms with Gasteiger partial charge in [0.25, 0.3) is 10.4 Å². The first kappa shape index (κ1) is 11.2. The van der Waals surface area contributed by atoms with E-state index in [1.165, 1.54) is 6.33 Å². The Balaban J connectivity index is 2.49. The molecule has 2 rings (SSSR count). The third kappa shape index (κ3) is 1.99. The molecule has 2 heterocycles. The van der Waals surface area contributed by atoms with Crippen molar-refractivity contribution in [1.29, 1.82) is 0 Å². The Labute approximate surface area is 99.1 Å². The maximum absolute atomic E-state index is 9.37. The minimum absolute atomic E-state index is 0.206. The molecule has 0 amide bonds. The summed E-state index contributed by atoms with van der Waals surface area (Å²) in [6.45, 7) is -0.109. The fourth-order valence-electron chi connectivity index (χ4n) is 1.39. The van der Waals surface area contributed by atoms with Crippen molar-refractivity contribution in [3.05, 3.63) is 11.1 Å². The number of hydrogen-bond acceptors (Lipinski definition) is 5. The molecular formula is C8H11BrN5O2+. The van der Waals surface area contributed by atoms with Gasteiger partial charge in [-0.3, -0.25) is 0 Å². The predicted molar refractivity (Wildman–Crippen MR) is 59.3 cm³/mol. The Bertz CT molecular complexity index is 514. The van der Waals surface area contributed by atoms with Gasteiger partial charge < -0.3 is 20.9 Å². The molecule has 0 aromatic carbocycles. The van der Waals surface area contributed by atoms with Crippen LogP contribution in [0.25, 0.3) is 11.2 Å². The summed E-state index contributed by atoms with van der Waals surface area (Å²) in [7, 11) is 0. The molecule has 86 valence electrons. The number of nitrogen functional groups attached to an aromatic ring is 1. The maximum Gasteiger partial charge on any atom is 0.294 e. The van der Waals surface area contributed by atoms with Crippen molar-refractivity contribution in [3.8, 4) is 0 Å². The van der Waals surface area contributed by atoms with Crippen LogP contribution in [-0.2, 0) is 6.54 Å². The molecule has 2 aromatic rings. The molecule has 0 bridgehead atoms. The van der Waals surface area contributed by atoms with Gasteiger partial charge in [-0.2, -0.15) is 0 Å². The van der Waals surface area contributed by atoms with Gasteiger partial charge >= 0.3 is 0 Å². The molecule has 0 aliphatic heterocycles. The highest BCUT2D eigenvalue weighted by atomic mass is 79.9. The number of nitrogens with zero attached hydrogens (tertiary/aromatic N) is 3. The Morgan fingerprint density at radius 2 is 2.38 bits per heavy atom. The zero-order chi connectivity index (χ0) is 11.7. The van der Waals surface area contributed by atoms with E-state index in [-0.39, 0.29) is 13.2 Å². The van der Waals surface area contributed by atoms with Crippen LogP contribution in [0.3, 0.4) is 0 Å². The van der Waals surface area contributed by atoms with E-state index < -0.39 is 6.10 Å². The van der Waals surface area contributed by atoms with Crippen molar-refractivity contribution < 1.29 is 14.8 Å². The average Bonchev–Trinajstić information content (AvgIpc) is 2.65. The van der Waals surface area contributed by atoms with Gasteiger partial charge in [-0.05, 0) is 0 Å². The average molecular weight is 289 g/mol. The van der Waals surface area contributed by atoms with E-state index in [0.717, 1.165) is 0 Å². The lowest BCUT2D eigenvalue weighted by Crippen LogP contribution is -2.42. The van der Waals surface area contributed by atoms with E-state index in [1.807, 2.05) is 0 Å². The molecule has 0 radical (unpaired) electrons. The molecule has 0 aliphatic carbocycles. The summed E-state index contributed by atoms with van der Waals surface area (Å²) < 4.78 is 2.16. The molecule has 8 heteroatoms. The molecule has 0 unspecified atom stereocenters. The van der Waals surface area contributed by atoms with Crippen LogP contribution in [0.15, 0.2) is 11.1 Å². The van der Waals surface area contributed by atoms with E-state index in [4.69, 9.17) is 10.8 Å². The van der Waals surface area contributed by atoms with Crippen LogP contribution in [0.4, 0.5) is 5.82 Å². The van der Waals surface area contributed by atoms with Crippen LogP contribution >= 0.6 is 15.9 Å². The SMILES string of the molecule is Nc1nc[n+](C[C@@H](O)CO)c2nc(Br)[nH]c12. The molecule has 0 fully saturated rings. The number of nitrogens with one attached hydrogen (secondary N) is 1. The first-order valence-electron chi connectivity index (χ1n) is 4.60. The lowest BCUT2D eigenvalue weighted by molar-refractivity contribution is -0.683. The van der Waals surface area contributed by atoms with Crippen LogP contribution in [-0.4, -0.2) is 37.9 Å². The summed E-state index contributed by atoms with van der Waals surface area (Å²) in [5.74, 6) is 0.336. The summed E-state index contributed by atoms with van der Waals surface area (Å²) >= 11 is 3.20. The highest BCUT2D eigenvalue weighted by Gasteiger charge is 2.18. The summed E-state index contributed by atoms with van der Waals surface area (Å²) in [5, 5.41) is 18.1. The zero-order valence-corrected chi connectivity index (χ0v) is 9.85. The van der Waals surface area contributed by atoms with Gasteiger partial charge in [0.15, 0.2) is 5.52 Å². The molecule has 7 nitrogen and oxygen atoms in total. The van der Waals surface area contributed by atoms with Gasteiger partial charge in [-0.1, -0.05) is 9.97 Å². The molecule has 0 saturated carbocycles. The van der Waals surface area contributed by atoms with Crippen molar-refractivity contribution in [2.24, 2.45) is 0 Å². The van der Waals surface area contributed by atoms with Crippen LogP contribution < -0.4 is 10.3 Å². The van der Waals surface area contributed by atoms with Gasteiger partial charge in [0, 0.05) is 15.9 Å². The summed E-state index contributed by atoms with van der Waals surface area (Å²) in [6.07, 6.45) is 0.623. The largest absolute Gasteiger partial charge is 0.394 e. The third-order valence-electron chi connectivity index (χ3n) is 2.14. The van der Waals surface area contributed by atoms with E-state index in [9.17, 15) is 5.11 Å². The summed E-state index contributed by atoms with van der Waals surface area (Å²) in [4.78, 5) is 11.0. The second kappa shape index (κ2) is 4.32. The van der Waals surface area contributed by atoms with Gasteiger partial charge in [0.2, 0.25) is 12.1 Å². The number of aromatic nitrogens is 4. The Morgan fingerprint density at radius 3 is 3.06 bits per heavy atom. The number of aliphatic hydroxyl groups is 2. The van der Waals surface area contributed by atoms with Crippen molar-refractivity contribution in [2.45, 2.75) is 12.6 Å². The summed E-state index contributed by atoms with van der Waals surface area (Å²) in [6, 6.07) is 0. The Morgan fingerprint density at radius 1 is 1.62 bits per heavy atom. The normalized spacial score (nSPS) is 13.2. The number of nitrogens with two attached hydrogens (primary N) is 1. The number of imidazole rings is 1. The molecule has 0 saturated heterocycles. The number of H-pyrrole nitrogens is 1. The minimum Gasteiger partial charge on any atom is -0.394 e. The number of aliphatic hydroxyl groups excluding tert-OH is 2. The monoisotopic (exact) mass is 288 g/mol. The number of halogens is 1. The van der Waals surface area contributed by atoms with Gasteiger partial charge in [-0.25, -0.2) is 4.57 Å². The Kier molecular flexibility index (Phi) is 3.03. The fraction of sp³-hybridized carbons (Fsp3) is 0.375. The van der Waals surface area contributed by atoms with Crippen LogP contribution in [0.5, 0.6) is 0 Å². The predicted octanol–water partition coefficient (Wildman–Crippen LogP) is -1.06. The van der Waals surface area contributed by atoms with E-state index in [1.54, 1.807) is 4.57 Å². The number of rotatable bonds is 3. The number of aromatic amines is 1. The molecule has 0 aliphatic rings. The second-order valence-corrected chi connectivity index (χ2v) is 4.10. The topological polar surface area (TPSA) is 112 Å². The maximum atomic E-state index is 9.37. The van der Waals surface area contributed by atoms with Crippen molar-refractivity contribution in [1.82, 2.24) is 15.0 Å². The smallest absolute Gasteiger partial charge is 0.294 e. The Hall–Kier alpha value is -1.25. The zero-order valence-electron chi connectivity index (χ0n) is 8.26. The van der Waals surface area contributed by atoms with Crippen LogP contribution in [0.1, 0.15) is 0 Å². The standard InChI is InChI=1S/C8H10BrN5O2/c9-8-12-5-6(10)11-3-14(7(5)13-8)1-4(16)2-15/h3-4,15-16H,1-2H2,(H2,10,12,13)/p+1/t4-/m1/s1. The number of anilines is 1. The number of fused-ring (bicyclic) bond motifs is 1. The first-order chi connectivity index (χ1) is 7.61. The summed E-state index contributed by atoms with van der Waals surface area (Å²) in [5.41, 5.74) is 6.85. The van der Waals surface area contributed by atoms with Gasteiger partial charge in [0.1, 0.15) is 6.10 Å². The lowest BCUT2D eigenvalue weighted by Gasteiger charge is -2.05. The third-order valence-corrected chi connectivity index (χ3v) is 2.51. The van der Waals surface area contributed by atoms with Gasteiger partial charge in [-0.15, -0.1) is 0 Å². The highest BCUT2D eigenvalue weighted by Crippen LogP contribution is 2.15. The van der Waals surface area contributed by atoms with E-state index in [2.05, 4.69) is 30.9 Å². The molecule has 2 aromatic heterocycles. The molecule has 5 N–H and O–H groups in total. The van der Waals surface area contributed by atoms with Crippen LogP contribution in [0.2, 0.25) is 0 Å². The molecule has 16 heavy (non-hydrogen) atoms. The number of hydrogen-bond donors (Lipinski definition) is 4. The minimum atomic E-state index is -0.853. The van der Waals surface area contributed by atoms with Crippen molar-refractivity contribution >= 4 is 32.9 Å². The first-order valence-corrected chi connectivity index (χ1v) is 5.39. The van der Waals surface area contributed by atoms with E-state index >= 15 is 0 Å². The van der Waals surface area contributed by atoms with Crippen LogP contribution in [0, 0.1) is 0 Å². The highest BCUT2D eigenvalue weighted by molar-refractivity contribution is 9.10. The fourth-order valence-corrected chi connectivity index (χ4v) is 1.76. The lowest BCUT2D eigenvalue weighted by atomic mass is 10.3. The molecule has 0 spiro atoms. The quantitative estimate of drug-likeness (QED) is 0.425. The van der Waals surface area contributed by atoms with E-state index in [0.29, 0.717) is 21.7 Å². The second-order valence-electron chi connectivity index (χ2n) is 3.34. The van der Waals surface area contributed by atoms with Crippen molar-refractivity contribution in [2.75, 3.05) is 12.3 Å².